The van der Waals surface area contributed by atoms with Gasteiger partial charge in [0.1, 0.15) is 17.5 Å². The van der Waals surface area contributed by atoms with Gasteiger partial charge in [-0.3, -0.25) is 4.79 Å². The van der Waals surface area contributed by atoms with Gasteiger partial charge in [-0.25, -0.2) is 0 Å². The van der Waals surface area contributed by atoms with Crippen LogP contribution in [-0.4, -0.2) is 23.2 Å². The van der Waals surface area contributed by atoms with E-state index in [1.807, 2.05) is 72.8 Å². The Morgan fingerprint density at radius 2 is 1.76 bits per heavy atom. The number of benzene rings is 3. The number of carbonyl (C=O) groups is 1. The van der Waals surface area contributed by atoms with Crippen molar-refractivity contribution in [2.45, 2.75) is 19.6 Å². The Morgan fingerprint density at radius 3 is 2.45 bits per heavy atom. The van der Waals surface area contributed by atoms with Gasteiger partial charge in [0.05, 0.1) is 7.11 Å². The second-order valence-corrected chi connectivity index (χ2v) is 7.25. The van der Waals surface area contributed by atoms with Crippen LogP contribution >= 0.6 is 0 Å². The minimum absolute atomic E-state index is 0.192. The third kappa shape index (κ3) is 5.88. The van der Waals surface area contributed by atoms with Gasteiger partial charge in [0.25, 0.3) is 5.91 Å². The number of amides is 1. The van der Waals surface area contributed by atoms with Gasteiger partial charge in [-0.1, -0.05) is 41.6 Å². The maximum Gasteiger partial charge on any atom is 0.251 e. The first-order valence-electron chi connectivity index (χ1n) is 10.4. The minimum atomic E-state index is -0.605. The van der Waals surface area contributed by atoms with Crippen LogP contribution < -0.4 is 20.1 Å². The van der Waals surface area contributed by atoms with Crippen molar-refractivity contribution in [1.29, 1.82) is 0 Å². The molecule has 8 heteroatoms. The van der Waals surface area contributed by atoms with Crippen LogP contribution in [0, 0.1) is 6.92 Å². The molecular formula is C25H24N4O4. The number of aromatic nitrogens is 2. The summed E-state index contributed by atoms with van der Waals surface area (Å²) in [6.45, 7) is 1.93. The van der Waals surface area contributed by atoms with Gasteiger partial charge in [-0.05, 0) is 42.0 Å². The van der Waals surface area contributed by atoms with E-state index in [-0.39, 0.29) is 12.5 Å². The zero-order valence-electron chi connectivity index (χ0n) is 18.3. The van der Waals surface area contributed by atoms with E-state index in [0.717, 1.165) is 11.3 Å². The summed E-state index contributed by atoms with van der Waals surface area (Å²) in [5.41, 5.74) is 2.26. The predicted octanol–water partition coefficient (Wildman–Crippen LogP) is 4.76. The maximum absolute atomic E-state index is 13.2. The third-order valence-electron chi connectivity index (χ3n) is 4.84. The topological polar surface area (TPSA) is 98.5 Å². The lowest BCUT2D eigenvalue weighted by molar-refractivity contribution is -0.117. The molecule has 1 aromatic heterocycles. The van der Waals surface area contributed by atoms with Crippen LogP contribution in [0.5, 0.6) is 11.5 Å². The first kappa shape index (κ1) is 21.9. The van der Waals surface area contributed by atoms with Gasteiger partial charge in [-0.15, -0.1) is 0 Å². The molecule has 4 rings (SSSR count). The predicted molar refractivity (Wildman–Crippen MR) is 124 cm³/mol. The number of hydrogen-bond acceptors (Lipinski definition) is 7. The number of carbonyl (C=O) groups excluding carboxylic acids is 1. The molecule has 0 bridgehead atoms. The number of hydrogen-bond donors (Lipinski definition) is 2. The van der Waals surface area contributed by atoms with E-state index >= 15 is 0 Å². The minimum Gasteiger partial charge on any atom is -0.497 e. The first-order chi connectivity index (χ1) is 16.1. The highest BCUT2D eigenvalue weighted by atomic mass is 16.5. The quantitative estimate of drug-likeness (QED) is 0.384. The Hall–Kier alpha value is -4.33. The van der Waals surface area contributed by atoms with Crippen LogP contribution in [0.2, 0.25) is 0 Å². The van der Waals surface area contributed by atoms with Gasteiger partial charge in [0, 0.05) is 24.4 Å². The molecule has 0 fully saturated rings. The molecule has 0 aliphatic rings. The first-order valence-corrected chi connectivity index (χ1v) is 10.4. The molecule has 0 spiro atoms. The molecule has 1 atom stereocenters. The van der Waals surface area contributed by atoms with E-state index in [1.165, 1.54) is 0 Å². The molecule has 8 nitrogen and oxygen atoms in total. The summed E-state index contributed by atoms with van der Waals surface area (Å²) in [5.74, 6) is 2.10. The highest BCUT2D eigenvalue weighted by molar-refractivity contribution is 5.97. The van der Waals surface area contributed by atoms with Crippen molar-refractivity contribution in [3.8, 4) is 11.5 Å². The lowest BCUT2D eigenvalue weighted by atomic mass is 10.1. The normalized spacial score (nSPS) is 11.5. The molecule has 3 aromatic carbocycles. The molecule has 1 heterocycles. The molecule has 0 saturated carbocycles. The fourth-order valence-corrected chi connectivity index (χ4v) is 3.22. The number of nitrogens with zero attached hydrogens (tertiary/aromatic N) is 2. The summed E-state index contributed by atoms with van der Waals surface area (Å²) >= 11 is 0. The summed E-state index contributed by atoms with van der Waals surface area (Å²) in [6.07, 6.45) is 0. The standard InChI is InChI=1S/C25H24N4O4/c1-17-26-23(29-33-17)16-32-21-13-11-19(12-14-21)27-24(18-7-4-3-5-8-18)25(30)28-20-9-6-10-22(15-20)31-2/h3-15,24,27H,16H2,1-2H3,(H,28,30). The van der Waals surface area contributed by atoms with Crippen LogP contribution in [0.1, 0.15) is 23.3 Å². The van der Waals surface area contributed by atoms with Crippen LogP contribution in [0.3, 0.4) is 0 Å². The van der Waals surface area contributed by atoms with Crippen LogP contribution in [0.15, 0.2) is 83.4 Å². The fraction of sp³-hybridized carbons (Fsp3) is 0.160. The molecule has 168 valence electrons. The summed E-state index contributed by atoms with van der Waals surface area (Å²) in [6, 6.07) is 23.5. The summed E-state index contributed by atoms with van der Waals surface area (Å²) in [7, 11) is 1.59. The van der Waals surface area contributed by atoms with Crippen molar-refractivity contribution in [3.63, 3.8) is 0 Å². The van der Waals surface area contributed by atoms with Crippen molar-refractivity contribution in [2.24, 2.45) is 0 Å². The van der Waals surface area contributed by atoms with Crippen LogP contribution in [-0.2, 0) is 11.4 Å². The van der Waals surface area contributed by atoms with Gasteiger partial charge < -0.3 is 24.6 Å². The van der Waals surface area contributed by atoms with Gasteiger partial charge in [0.15, 0.2) is 6.61 Å². The Kier molecular flexibility index (Phi) is 6.84. The van der Waals surface area contributed by atoms with E-state index < -0.39 is 6.04 Å². The van der Waals surface area contributed by atoms with Crippen molar-refractivity contribution in [2.75, 3.05) is 17.7 Å². The van der Waals surface area contributed by atoms with Gasteiger partial charge >= 0.3 is 0 Å². The Balaban J connectivity index is 1.46. The van der Waals surface area contributed by atoms with Gasteiger partial charge in [0.2, 0.25) is 11.7 Å². The van der Waals surface area contributed by atoms with Crippen molar-refractivity contribution in [3.05, 3.63) is 96.1 Å². The Morgan fingerprint density at radius 1 is 0.970 bits per heavy atom. The van der Waals surface area contributed by atoms with E-state index in [1.54, 1.807) is 20.1 Å². The third-order valence-corrected chi connectivity index (χ3v) is 4.84. The number of nitrogens with one attached hydrogen (secondary N) is 2. The molecule has 0 saturated heterocycles. The van der Waals surface area contributed by atoms with E-state index in [2.05, 4.69) is 20.8 Å². The second-order valence-electron chi connectivity index (χ2n) is 7.25. The number of aryl methyl sites for hydroxylation is 1. The number of anilines is 2. The smallest absolute Gasteiger partial charge is 0.251 e. The summed E-state index contributed by atoms with van der Waals surface area (Å²) < 4.78 is 15.9. The molecule has 1 unspecified atom stereocenters. The zero-order chi connectivity index (χ0) is 23.0. The van der Waals surface area contributed by atoms with Gasteiger partial charge in [-0.2, -0.15) is 4.98 Å². The van der Waals surface area contributed by atoms with Crippen LogP contribution in [0.4, 0.5) is 11.4 Å². The lowest BCUT2D eigenvalue weighted by Gasteiger charge is -2.20. The molecule has 1 amide bonds. The SMILES string of the molecule is COc1cccc(NC(=O)C(Nc2ccc(OCc3noc(C)n3)cc2)c2ccccc2)c1. The van der Waals surface area contributed by atoms with Crippen molar-refractivity contribution >= 4 is 17.3 Å². The van der Waals surface area contributed by atoms with Crippen molar-refractivity contribution in [1.82, 2.24) is 10.1 Å². The molecule has 0 aliphatic carbocycles. The Labute approximate surface area is 191 Å². The molecular weight excluding hydrogens is 420 g/mol. The molecule has 0 radical (unpaired) electrons. The number of rotatable bonds is 9. The van der Waals surface area contributed by atoms with E-state index in [0.29, 0.717) is 28.9 Å². The highest BCUT2D eigenvalue weighted by Crippen LogP contribution is 2.25. The van der Waals surface area contributed by atoms with E-state index in [4.69, 9.17) is 14.0 Å². The summed E-state index contributed by atoms with van der Waals surface area (Å²) in [4.78, 5) is 17.3. The molecule has 0 aliphatic heterocycles. The summed E-state index contributed by atoms with van der Waals surface area (Å²) in [5, 5.41) is 10.1. The number of methoxy groups -OCH3 is 1. The fourth-order valence-electron chi connectivity index (χ4n) is 3.22. The molecule has 2 N–H and O–H groups in total. The zero-order valence-corrected chi connectivity index (χ0v) is 18.3. The Bertz CT molecular complexity index is 1190. The second kappa shape index (κ2) is 10.3. The molecule has 4 aromatic rings. The van der Waals surface area contributed by atoms with Crippen LogP contribution in [0.25, 0.3) is 0 Å². The molecule has 33 heavy (non-hydrogen) atoms. The highest BCUT2D eigenvalue weighted by Gasteiger charge is 2.21. The average molecular weight is 444 g/mol. The maximum atomic E-state index is 13.2. The van der Waals surface area contributed by atoms with E-state index in [9.17, 15) is 4.79 Å². The monoisotopic (exact) mass is 444 g/mol. The average Bonchev–Trinajstić information content (AvgIpc) is 3.27. The largest absolute Gasteiger partial charge is 0.497 e. The number of ether oxygens (including phenoxy) is 2. The van der Waals surface area contributed by atoms with Crippen molar-refractivity contribution < 1.29 is 18.8 Å². The lowest BCUT2D eigenvalue weighted by Crippen LogP contribution is -2.27.